The summed E-state index contributed by atoms with van der Waals surface area (Å²) in [6, 6.07) is 86.1. The first-order valence-electron chi connectivity index (χ1n) is 20.5. The zero-order chi connectivity index (χ0) is 39.8. The molecule has 0 fully saturated rings. The summed E-state index contributed by atoms with van der Waals surface area (Å²) >= 11 is 1.86. The van der Waals surface area contributed by atoms with Crippen LogP contribution < -0.4 is 4.90 Å². The fourth-order valence-electron chi connectivity index (χ4n) is 8.61. The van der Waals surface area contributed by atoms with E-state index in [4.69, 9.17) is 0 Å². The highest BCUT2D eigenvalue weighted by Gasteiger charge is 2.15. The number of rotatable bonds is 8. The standard InChI is InChI=1S/C58H39NS/c1-2-11-40(12-3-1)41-23-30-50(31-24-41)59(52-34-27-43(28-35-52)48-29-36-56-55-20-6-7-22-57(55)60-58(56)39-48)51-32-25-42(26-33-51)45-15-8-16-46(37-45)47-17-9-18-49(38-47)54-21-10-14-44-13-4-5-19-53(44)54/h1-39H. The van der Waals surface area contributed by atoms with Gasteiger partial charge in [0.15, 0.2) is 0 Å². The normalized spacial score (nSPS) is 11.3. The average molecular weight is 782 g/mol. The fourth-order valence-corrected chi connectivity index (χ4v) is 9.76. The summed E-state index contributed by atoms with van der Waals surface area (Å²) in [5.41, 5.74) is 15.4. The van der Waals surface area contributed by atoms with Crippen molar-refractivity contribution < 1.29 is 0 Å². The highest BCUT2D eigenvalue weighted by Crippen LogP contribution is 2.40. The van der Waals surface area contributed by atoms with Crippen molar-refractivity contribution in [1.29, 1.82) is 0 Å². The molecule has 10 aromatic carbocycles. The summed E-state index contributed by atoms with van der Waals surface area (Å²) in [4.78, 5) is 2.35. The topological polar surface area (TPSA) is 3.24 Å². The summed E-state index contributed by atoms with van der Waals surface area (Å²) in [5, 5.41) is 5.18. The summed E-state index contributed by atoms with van der Waals surface area (Å²) in [6.45, 7) is 0. The number of hydrogen-bond acceptors (Lipinski definition) is 2. The maximum absolute atomic E-state index is 2.35. The van der Waals surface area contributed by atoms with Gasteiger partial charge in [-0.2, -0.15) is 0 Å². The molecule has 0 aliphatic heterocycles. The Kier molecular flexibility index (Phi) is 9.11. The van der Waals surface area contributed by atoms with E-state index in [1.54, 1.807) is 0 Å². The second-order valence-electron chi connectivity index (χ2n) is 15.3. The van der Waals surface area contributed by atoms with Gasteiger partial charge in [-0.25, -0.2) is 0 Å². The highest BCUT2D eigenvalue weighted by atomic mass is 32.1. The van der Waals surface area contributed by atoms with Crippen LogP contribution in [0, 0.1) is 0 Å². The molecule has 0 saturated heterocycles. The van der Waals surface area contributed by atoms with Crippen LogP contribution in [0.2, 0.25) is 0 Å². The molecule has 1 nitrogen and oxygen atoms in total. The molecule has 0 aliphatic rings. The van der Waals surface area contributed by atoms with Crippen molar-refractivity contribution in [1.82, 2.24) is 0 Å². The Bertz CT molecular complexity index is 3280. The minimum atomic E-state index is 1.10. The van der Waals surface area contributed by atoms with Gasteiger partial charge in [-0.3, -0.25) is 0 Å². The van der Waals surface area contributed by atoms with E-state index >= 15 is 0 Å². The molecule has 0 amide bonds. The first kappa shape index (κ1) is 35.6. The summed E-state index contributed by atoms with van der Waals surface area (Å²) in [7, 11) is 0. The second-order valence-corrected chi connectivity index (χ2v) is 16.4. The van der Waals surface area contributed by atoms with Gasteiger partial charge < -0.3 is 4.90 Å². The van der Waals surface area contributed by atoms with E-state index in [2.05, 4.69) is 241 Å². The van der Waals surface area contributed by atoms with Crippen LogP contribution in [0.5, 0.6) is 0 Å². The van der Waals surface area contributed by atoms with Crippen molar-refractivity contribution in [3.63, 3.8) is 0 Å². The fraction of sp³-hybridized carbons (Fsp3) is 0. The average Bonchev–Trinajstić information content (AvgIpc) is 3.71. The smallest absolute Gasteiger partial charge is 0.0462 e. The molecule has 0 saturated carbocycles. The van der Waals surface area contributed by atoms with Crippen LogP contribution in [-0.4, -0.2) is 0 Å². The van der Waals surface area contributed by atoms with Gasteiger partial charge >= 0.3 is 0 Å². The minimum absolute atomic E-state index is 1.10. The van der Waals surface area contributed by atoms with E-state index in [1.807, 2.05) is 11.3 Å². The first-order chi connectivity index (χ1) is 29.7. The van der Waals surface area contributed by atoms with E-state index < -0.39 is 0 Å². The molecule has 11 rings (SSSR count). The third-order valence-corrected chi connectivity index (χ3v) is 12.8. The Labute approximate surface area is 354 Å². The molecular weight excluding hydrogens is 743 g/mol. The van der Waals surface area contributed by atoms with Gasteiger partial charge in [0.1, 0.15) is 0 Å². The number of fused-ring (bicyclic) bond motifs is 4. The minimum Gasteiger partial charge on any atom is -0.311 e. The maximum Gasteiger partial charge on any atom is 0.0462 e. The summed E-state index contributed by atoms with van der Waals surface area (Å²) in [5.74, 6) is 0. The van der Waals surface area contributed by atoms with Crippen molar-refractivity contribution >= 4 is 59.3 Å². The lowest BCUT2D eigenvalue weighted by atomic mass is 9.94. The Balaban J connectivity index is 0.921. The lowest BCUT2D eigenvalue weighted by molar-refractivity contribution is 1.28. The van der Waals surface area contributed by atoms with Gasteiger partial charge in [-0.15, -0.1) is 11.3 Å². The Hall–Kier alpha value is -7.52. The molecule has 0 bridgehead atoms. The second kappa shape index (κ2) is 15.3. The molecule has 11 aromatic rings. The molecule has 0 unspecified atom stereocenters. The molecule has 2 heteroatoms. The van der Waals surface area contributed by atoms with E-state index in [0.29, 0.717) is 0 Å². The van der Waals surface area contributed by atoms with Crippen LogP contribution >= 0.6 is 11.3 Å². The van der Waals surface area contributed by atoms with Crippen LogP contribution in [0.15, 0.2) is 237 Å². The van der Waals surface area contributed by atoms with Gasteiger partial charge in [-0.1, -0.05) is 176 Å². The quantitative estimate of drug-likeness (QED) is 0.148. The van der Waals surface area contributed by atoms with Crippen LogP contribution in [0.25, 0.3) is 86.6 Å². The number of nitrogens with zero attached hydrogens (tertiary/aromatic N) is 1. The largest absolute Gasteiger partial charge is 0.311 e. The van der Waals surface area contributed by atoms with Gasteiger partial charge in [0, 0.05) is 37.2 Å². The van der Waals surface area contributed by atoms with Gasteiger partial charge in [0.05, 0.1) is 0 Å². The van der Waals surface area contributed by atoms with Crippen LogP contribution in [0.4, 0.5) is 17.1 Å². The van der Waals surface area contributed by atoms with Crippen LogP contribution in [-0.2, 0) is 0 Å². The van der Waals surface area contributed by atoms with Gasteiger partial charge in [-0.05, 0) is 127 Å². The number of hydrogen-bond donors (Lipinski definition) is 0. The summed E-state index contributed by atoms with van der Waals surface area (Å²) < 4.78 is 2.65. The molecule has 1 aromatic heterocycles. The van der Waals surface area contributed by atoms with E-state index in [9.17, 15) is 0 Å². The lowest BCUT2D eigenvalue weighted by Crippen LogP contribution is -2.09. The maximum atomic E-state index is 2.35. The van der Waals surface area contributed by atoms with Crippen molar-refractivity contribution in [3.05, 3.63) is 237 Å². The lowest BCUT2D eigenvalue weighted by Gasteiger charge is -2.26. The molecule has 1 heterocycles. The third-order valence-electron chi connectivity index (χ3n) is 11.7. The molecule has 0 spiro atoms. The van der Waals surface area contributed by atoms with Crippen molar-refractivity contribution in [2.24, 2.45) is 0 Å². The van der Waals surface area contributed by atoms with Gasteiger partial charge in [0.25, 0.3) is 0 Å². The Morgan fingerprint density at radius 3 is 1.33 bits per heavy atom. The molecule has 0 radical (unpaired) electrons. The molecule has 282 valence electrons. The predicted molar refractivity (Wildman–Crippen MR) is 259 cm³/mol. The number of thiophene rings is 1. The van der Waals surface area contributed by atoms with Crippen LogP contribution in [0.1, 0.15) is 0 Å². The Morgan fingerprint density at radius 2 is 0.667 bits per heavy atom. The molecule has 0 aliphatic carbocycles. The molecule has 0 atom stereocenters. The zero-order valence-electron chi connectivity index (χ0n) is 32.9. The van der Waals surface area contributed by atoms with E-state index in [-0.39, 0.29) is 0 Å². The van der Waals surface area contributed by atoms with Crippen LogP contribution in [0.3, 0.4) is 0 Å². The predicted octanol–water partition coefficient (Wildman–Crippen LogP) is 17.0. The van der Waals surface area contributed by atoms with E-state index in [0.717, 1.165) is 17.1 Å². The number of benzene rings is 10. The Morgan fingerprint density at radius 1 is 0.250 bits per heavy atom. The van der Waals surface area contributed by atoms with Crippen molar-refractivity contribution in [2.45, 2.75) is 0 Å². The van der Waals surface area contributed by atoms with Crippen molar-refractivity contribution in [3.8, 4) is 55.6 Å². The highest BCUT2D eigenvalue weighted by molar-refractivity contribution is 7.25. The molecule has 0 N–H and O–H groups in total. The van der Waals surface area contributed by atoms with E-state index in [1.165, 1.54) is 86.6 Å². The SMILES string of the molecule is c1ccc(-c2ccc(N(c3ccc(-c4cccc(-c5cccc(-c6cccc7ccccc67)c5)c4)cc3)c3ccc(-c4ccc5c(c4)sc4ccccc45)cc3)cc2)cc1. The zero-order valence-corrected chi connectivity index (χ0v) is 33.7. The number of anilines is 3. The monoisotopic (exact) mass is 781 g/mol. The third kappa shape index (κ3) is 6.73. The molecular formula is C58H39NS. The van der Waals surface area contributed by atoms with Crippen molar-refractivity contribution in [2.75, 3.05) is 4.90 Å². The van der Waals surface area contributed by atoms with Gasteiger partial charge in [0.2, 0.25) is 0 Å². The first-order valence-corrected chi connectivity index (χ1v) is 21.3. The molecule has 60 heavy (non-hydrogen) atoms. The summed E-state index contributed by atoms with van der Waals surface area (Å²) in [6.07, 6.45) is 0.